The first kappa shape index (κ1) is 21.0. The monoisotopic (exact) mass is 366 g/mol. The Morgan fingerprint density at radius 1 is 0.962 bits per heavy atom. The highest BCUT2D eigenvalue weighted by atomic mass is 16.7. The zero-order chi connectivity index (χ0) is 18.5. The quantitative estimate of drug-likeness (QED) is 0.395. The summed E-state index contributed by atoms with van der Waals surface area (Å²) in [5, 5.41) is 0. The molecule has 1 aliphatic rings. The van der Waals surface area contributed by atoms with Crippen molar-refractivity contribution in [3.05, 3.63) is 35.4 Å². The molecule has 1 saturated heterocycles. The molecular formula is C20H30O6. The second-order valence-electron chi connectivity index (χ2n) is 6.20. The van der Waals surface area contributed by atoms with Gasteiger partial charge in [0.05, 0.1) is 46.2 Å². The van der Waals surface area contributed by atoms with Gasteiger partial charge in [-0.15, -0.1) is 0 Å². The molecule has 1 heterocycles. The van der Waals surface area contributed by atoms with Gasteiger partial charge < -0.3 is 23.7 Å². The number of hydrogen-bond donors (Lipinski definition) is 0. The van der Waals surface area contributed by atoms with Crippen LogP contribution in [-0.4, -0.2) is 58.3 Å². The molecule has 1 aliphatic heterocycles. The molecule has 0 saturated carbocycles. The number of hydrogen-bond acceptors (Lipinski definition) is 6. The summed E-state index contributed by atoms with van der Waals surface area (Å²) in [6.07, 6.45) is 3.22. The van der Waals surface area contributed by atoms with Gasteiger partial charge in [0, 0.05) is 12.2 Å². The van der Waals surface area contributed by atoms with Crippen LogP contribution in [0, 0.1) is 0 Å². The summed E-state index contributed by atoms with van der Waals surface area (Å²) in [5.74, 6) is 0.0713. The molecule has 26 heavy (non-hydrogen) atoms. The summed E-state index contributed by atoms with van der Waals surface area (Å²) in [6.45, 7) is 6.11. The smallest absolute Gasteiger partial charge is 0.159 e. The molecule has 0 aromatic heterocycles. The van der Waals surface area contributed by atoms with Crippen LogP contribution >= 0.6 is 0 Å². The van der Waals surface area contributed by atoms with Crippen molar-refractivity contribution < 1.29 is 28.5 Å². The van der Waals surface area contributed by atoms with E-state index in [4.69, 9.17) is 23.7 Å². The summed E-state index contributed by atoms with van der Waals surface area (Å²) in [4.78, 5) is 11.2. The number of carbonyl (C=O) groups excluding carboxylic acids is 1. The van der Waals surface area contributed by atoms with Crippen LogP contribution in [0.15, 0.2) is 24.3 Å². The van der Waals surface area contributed by atoms with E-state index in [9.17, 15) is 4.79 Å². The maximum Gasteiger partial charge on any atom is 0.159 e. The highest BCUT2D eigenvalue weighted by Gasteiger charge is 2.13. The second kappa shape index (κ2) is 12.9. The van der Waals surface area contributed by atoms with Crippen LogP contribution in [0.1, 0.15) is 42.1 Å². The van der Waals surface area contributed by atoms with Gasteiger partial charge in [0.25, 0.3) is 0 Å². The zero-order valence-electron chi connectivity index (χ0n) is 15.6. The Hall–Kier alpha value is -1.31. The molecule has 0 N–H and O–H groups in total. The SMILES string of the molecule is CC(=O)c1ccc(COCCOCCOCCOC2CCCCO2)cc1. The van der Waals surface area contributed by atoms with Crippen molar-refractivity contribution in [1.82, 2.24) is 0 Å². The minimum absolute atomic E-state index is 0.0561. The van der Waals surface area contributed by atoms with Gasteiger partial charge in [0.1, 0.15) is 0 Å². The molecular weight excluding hydrogens is 336 g/mol. The van der Waals surface area contributed by atoms with Crippen LogP contribution in [0.3, 0.4) is 0 Å². The van der Waals surface area contributed by atoms with Crippen LogP contribution in [-0.2, 0) is 30.3 Å². The summed E-state index contributed by atoms with van der Waals surface area (Å²) in [7, 11) is 0. The fraction of sp³-hybridized carbons (Fsp3) is 0.650. The number of rotatable bonds is 13. The Labute approximate surface area is 155 Å². The van der Waals surface area contributed by atoms with Crippen molar-refractivity contribution in [3.8, 4) is 0 Å². The van der Waals surface area contributed by atoms with Gasteiger partial charge in [0.2, 0.25) is 0 Å². The molecule has 0 spiro atoms. The minimum atomic E-state index is -0.0561. The Morgan fingerprint density at radius 2 is 1.62 bits per heavy atom. The van der Waals surface area contributed by atoms with E-state index in [1.807, 2.05) is 24.3 Å². The minimum Gasteiger partial charge on any atom is -0.377 e. The van der Waals surface area contributed by atoms with Crippen molar-refractivity contribution in [2.75, 3.05) is 46.2 Å². The fourth-order valence-electron chi connectivity index (χ4n) is 2.55. The average molecular weight is 366 g/mol. The van der Waals surface area contributed by atoms with E-state index >= 15 is 0 Å². The topological polar surface area (TPSA) is 63.2 Å². The molecule has 2 rings (SSSR count). The summed E-state index contributed by atoms with van der Waals surface area (Å²) < 4.78 is 27.5. The molecule has 1 fully saturated rings. The number of carbonyl (C=O) groups is 1. The standard InChI is InChI=1S/C20H30O6/c1-17(21)19-7-5-18(6-8-19)16-24-13-12-22-10-11-23-14-15-26-20-4-2-3-9-25-20/h5-8,20H,2-4,9-16H2,1H3. The largest absolute Gasteiger partial charge is 0.377 e. The van der Waals surface area contributed by atoms with Gasteiger partial charge in [-0.25, -0.2) is 0 Å². The highest BCUT2D eigenvalue weighted by molar-refractivity contribution is 5.93. The molecule has 146 valence electrons. The van der Waals surface area contributed by atoms with Crippen molar-refractivity contribution in [2.24, 2.45) is 0 Å². The average Bonchev–Trinajstić information content (AvgIpc) is 2.67. The first-order valence-electron chi connectivity index (χ1n) is 9.32. The van der Waals surface area contributed by atoms with Crippen LogP contribution in [0.2, 0.25) is 0 Å². The third kappa shape index (κ3) is 8.87. The molecule has 1 unspecified atom stereocenters. The van der Waals surface area contributed by atoms with Crippen LogP contribution in [0.5, 0.6) is 0 Å². The summed E-state index contributed by atoms with van der Waals surface area (Å²) >= 11 is 0. The van der Waals surface area contributed by atoms with E-state index < -0.39 is 0 Å². The van der Waals surface area contributed by atoms with Crippen molar-refractivity contribution in [3.63, 3.8) is 0 Å². The molecule has 0 aliphatic carbocycles. The Bertz CT molecular complexity index is 496. The van der Waals surface area contributed by atoms with E-state index in [2.05, 4.69) is 0 Å². The zero-order valence-corrected chi connectivity index (χ0v) is 15.6. The van der Waals surface area contributed by atoms with Crippen LogP contribution in [0.25, 0.3) is 0 Å². The third-order valence-electron chi connectivity index (χ3n) is 4.04. The molecule has 0 amide bonds. The number of ketones is 1. The van der Waals surface area contributed by atoms with Gasteiger partial charge in [-0.2, -0.15) is 0 Å². The van der Waals surface area contributed by atoms with Gasteiger partial charge in [-0.3, -0.25) is 4.79 Å². The summed E-state index contributed by atoms with van der Waals surface area (Å²) in [6, 6.07) is 7.45. The van der Waals surface area contributed by atoms with Crippen LogP contribution < -0.4 is 0 Å². The van der Waals surface area contributed by atoms with E-state index in [0.717, 1.165) is 25.0 Å². The Kier molecular flexibility index (Phi) is 10.5. The van der Waals surface area contributed by atoms with Gasteiger partial charge in [0.15, 0.2) is 12.1 Å². The Balaban J connectivity index is 1.36. The lowest BCUT2D eigenvalue weighted by molar-refractivity contribution is -0.169. The number of Topliss-reactive ketones (excluding diaryl/α,β-unsaturated/α-hetero) is 1. The fourth-order valence-corrected chi connectivity index (χ4v) is 2.55. The van der Waals surface area contributed by atoms with Gasteiger partial charge in [-0.1, -0.05) is 24.3 Å². The molecule has 1 aromatic carbocycles. The van der Waals surface area contributed by atoms with E-state index in [0.29, 0.717) is 51.8 Å². The summed E-state index contributed by atoms with van der Waals surface area (Å²) in [5.41, 5.74) is 1.76. The molecule has 1 aromatic rings. The predicted molar refractivity (Wildman–Crippen MR) is 97.3 cm³/mol. The van der Waals surface area contributed by atoms with Gasteiger partial charge in [-0.05, 0) is 31.7 Å². The molecule has 1 atom stereocenters. The van der Waals surface area contributed by atoms with E-state index in [1.165, 1.54) is 6.42 Å². The first-order valence-corrected chi connectivity index (χ1v) is 9.32. The van der Waals surface area contributed by atoms with E-state index in [-0.39, 0.29) is 12.1 Å². The van der Waals surface area contributed by atoms with Crippen molar-refractivity contribution >= 4 is 5.78 Å². The normalized spacial score (nSPS) is 17.3. The maximum absolute atomic E-state index is 11.2. The number of benzene rings is 1. The number of ether oxygens (including phenoxy) is 5. The van der Waals surface area contributed by atoms with Crippen molar-refractivity contribution in [2.45, 2.75) is 39.1 Å². The molecule has 0 bridgehead atoms. The third-order valence-corrected chi connectivity index (χ3v) is 4.04. The van der Waals surface area contributed by atoms with E-state index in [1.54, 1.807) is 6.92 Å². The van der Waals surface area contributed by atoms with Gasteiger partial charge >= 0.3 is 0 Å². The highest BCUT2D eigenvalue weighted by Crippen LogP contribution is 2.13. The van der Waals surface area contributed by atoms with Crippen LogP contribution in [0.4, 0.5) is 0 Å². The molecule has 0 radical (unpaired) electrons. The lowest BCUT2D eigenvalue weighted by Gasteiger charge is -2.22. The van der Waals surface area contributed by atoms with Crippen molar-refractivity contribution in [1.29, 1.82) is 0 Å². The molecule has 6 heteroatoms. The second-order valence-corrected chi connectivity index (χ2v) is 6.20. The first-order chi connectivity index (χ1) is 12.8. The molecule has 6 nitrogen and oxygen atoms in total. The maximum atomic E-state index is 11.2. The predicted octanol–water partition coefficient (Wildman–Crippen LogP) is 2.98. The lowest BCUT2D eigenvalue weighted by atomic mass is 10.1. The lowest BCUT2D eigenvalue weighted by Crippen LogP contribution is -2.24. The Morgan fingerprint density at radius 3 is 2.23 bits per heavy atom.